The molecule has 1 atom stereocenters. The predicted molar refractivity (Wildman–Crippen MR) is 77.6 cm³/mol. The number of urea groups is 1. The van der Waals surface area contributed by atoms with Gasteiger partial charge >= 0.3 is 6.03 Å². The molecule has 0 saturated carbocycles. The Bertz CT molecular complexity index is 317. The molecule has 19 heavy (non-hydrogen) atoms. The van der Waals surface area contributed by atoms with E-state index in [4.69, 9.17) is 0 Å². The van der Waals surface area contributed by atoms with Crippen molar-refractivity contribution in [2.45, 2.75) is 39.3 Å². The normalized spacial score (nSPS) is 20.3. The zero-order valence-corrected chi connectivity index (χ0v) is 12.9. The van der Waals surface area contributed by atoms with Gasteiger partial charge in [-0.1, -0.05) is 0 Å². The fourth-order valence-electron chi connectivity index (χ4n) is 1.84. The quantitative estimate of drug-likeness (QED) is 0.686. The smallest absolute Gasteiger partial charge is 0.321 e. The van der Waals surface area contributed by atoms with Crippen molar-refractivity contribution < 1.29 is 9.59 Å². The van der Waals surface area contributed by atoms with E-state index in [2.05, 4.69) is 27.8 Å². The van der Waals surface area contributed by atoms with Gasteiger partial charge in [-0.2, -0.15) is 0 Å². The highest BCUT2D eigenvalue weighted by Crippen LogP contribution is 2.01. The van der Waals surface area contributed by atoms with Crippen LogP contribution in [0.3, 0.4) is 0 Å². The van der Waals surface area contributed by atoms with Gasteiger partial charge in [0.25, 0.3) is 0 Å². The number of carbonyl (C=O) groups excluding carboxylic acids is 2. The topological polar surface area (TPSA) is 73.5 Å². The van der Waals surface area contributed by atoms with E-state index in [9.17, 15) is 9.59 Å². The molecule has 0 aromatic rings. The zero-order chi connectivity index (χ0) is 13.8. The molecule has 3 N–H and O–H groups in total. The Hall–Kier alpha value is -0.850. The van der Waals surface area contributed by atoms with E-state index >= 15 is 0 Å². The van der Waals surface area contributed by atoms with Gasteiger partial charge in [-0.15, -0.1) is 12.4 Å². The maximum Gasteiger partial charge on any atom is 0.321 e. The van der Waals surface area contributed by atoms with Crippen LogP contribution in [0.25, 0.3) is 0 Å². The third kappa shape index (κ3) is 7.34. The molecular formula is C12H25ClN4O2. The monoisotopic (exact) mass is 292 g/mol. The molecule has 1 aliphatic heterocycles. The first-order valence-corrected chi connectivity index (χ1v) is 6.35. The van der Waals surface area contributed by atoms with Crippen molar-refractivity contribution in [2.24, 2.45) is 0 Å². The number of amides is 3. The number of carbonyl (C=O) groups is 2. The predicted octanol–water partition coefficient (Wildman–Crippen LogP) is 0.326. The fraction of sp³-hybridized carbons (Fsp3) is 0.833. The second-order valence-corrected chi connectivity index (χ2v) is 5.78. The molecule has 1 heterocycles. The van der Waals surface area contributed by atoms with Crippen LogP contribution >= 0.6 is 12.4 Å². The van der Waals surface area contributed by atoms with Crippen molar-refractivity contribution in [3.8, 4) is 0 Å². The minimum absolute atomic E-state index is 0. The fourth-order valence-corrected chi connectivity index (χ4v) is 1.84. The van der Waals surface area contributed by atoms with Gasteiger partial charge in [0.2, 0.25) is 5.91 Å². The van der Waals surface area contributed by atoms with Crippen LogP contribution in [0.15, 0.2) is 0 Å². The van der Waals surface area contributed by atoms with E-state index < -0.39 is 6.03 Å². The highest BCUT2D eigenvalue weighted by molar-refractivity contribution is 5.95. The lowest BCUT2D eigenvalue weighted by Crippen LogP contribution is -2.55. The lowest BCUT2D eigenvalue weighted by atomic mass is 10.1. The Morgan fingerprint density at radius 2 is 2.00 bits per heavy atom. The first-order chi connectivity index (χ1) is 8.28. The number of nitrogens with zero attached hydrogens (tertiary/aromatic N) is 1. The lowest BCUT2D eigenvalue weighted by Gasteiger charge is -2.33. The van der Waals surface area contributed by atoms with E-state index in [1.54, 1.807) is 0 Å². The Balaban J connectivity index is 0.00000324. The van der Waals surface area contributed by atoms with E-state index in [0.717, 1.165) is 19.6 Å². The molecular weight excluding hydrogens is 268 g/mol. The average molecular weight is 293 g/mol. The number of hydrogen-bond donors (Lipinski definition) is 3. The van der Waals surface area contributed by atoms with Crippen LogP contribution < -0.4 is 16.0 Å². The molecule has 0 unspecified atom stereocenters. The summed E-state index contributed by atoms with van der Waals surface area (Å²) < 4.78 is 0. The van der Waals surface area contributed by atoms with Crippen LogP contribution in [0.5, 0.6) is 0 Å². The second kappa shape index (κ2) is 7.67. The number of hydrogen-bond acceptors (Lipinski definition) is 4. The third-order valence-corrected chi connectivity index (χ3v) is 2.73. The molecule has 0 aliphatic carbocycles. The summed E-state index contributed by atoms with van der Waals surface area (Å²) in [5.74, 6) is -0.259. The van der Waals surface area contributed by atoms with Crippen molar-refractivity contribution in [1.82, 2.24) is 20.9 Å². The molecule has 0 aromatic carbocycles. The zero-order valence-electron chi connectivity index (χ0n) is 12.1. The van der Waals surface area contributed by atoms with Crippen molar-refractivity contribution >= 4 is 24.3 Å². The van der Waals surface area contributed by atoms with Gasteiger partial charge in [0.05, 0.1) is 6.54 Å². The summed E-state index contributed by atoms with van der Waals surface area (Å²) in [6, 6.07) is -0.120. The van der Waals surface area contributed by atoms with Crippen molar-refractivity contribution in [3.05, 3.63) is 0 Å². The molecule has 1 saturated heterocycles. The van der Waals surface area contributed by atoms with Gasteiger partial charge in [0.15, 0.2) is 0 Å². The SMILES string of the molecule is C[C@H]1CNCCN1CC(=O)NC(=O)NC(C)(C)C.Cl. The van der Waals surface area contributed by atoms with E-state index in [-0.39, 0.29) is 30.4 Å². The Morgan fingerprint density at radius 1 is 1.37 bits per heavy atom. The van der Waals surface area contributed by atoms with E-state index in [0.29, 0.717) is 6.04 Å². The van der Waals surface area contributed by atoms with Gasteiger partial charge < -0.3 is 10.6 Å². The summed E-state index contributed by atoms with van der Waals surface area (Å²) in [6.45, 7) is 10.5. The van der Waals surface area contributed by atoms with Crippen molar-refractivity contribution in [1.29, 1.82) is 0 Å². The van der Waals surface area contributed by atoms with E-state index in [1.807, 2.05) is 20.8 Å². The Morgan fingerprint density at radius 3 is 2.53 bits per heavy atom. The van der Waals surface area contributed by atoms with Crippen LogP contribution in [0.4, 0.5) is 4.79 Å². The first-order valence-electron chi connectivity index (χ1n) is 6.35. The highest BCUT2D eigenvalue weighted by Gasteiger charge is 2.22. The van der Waals surface area contributed by atoms with Gasteiger partial charge in [0.1, 0.15) is 0 Å². The van der Waals surface area contributed by atoms with Gasteiger partial charge in [0, 0.05) is 31.2 Å². The van der Waals surface area contributed by atoms with Gasteiger partial charge in [-0.3, -0.25) is 15.0 Å². The molecule has 1 aliphatic rings. The van der Waals surface area contributed by atoms with Crippen LogP contribution in [0, 0.1) is 0 Å². The largest absolute Gasteiger partial charge is 0.333 e. The summed E-state index contributed by atoms with van der Waals surface area (Å²) in [5.41, 5.74) is -0.341. The summed E-state index contributed by atoms with van der Waals surface area (Å²) in [5, 5.41) is 8.31. The van der Waals surface area contributed by atoms with Crippen LogP contribution in [-0.4, -0.2) is 54.6 Å². The average Bonchev–Trinajstić information content (AvgIpc) is 2.18. The number of piperazine rings is 1. The first kappa shape index (κ1) is 18.1. The maximum atomic E-state index is 11.7. The minimum atomic E-state index is -0.435. The molecule has 0 aromatic heterocycles. The third-order valence-electron chi connectivity index (χ3n) is 2.73. The summed E-state index contributed by atoms with van der Waals surface area (Å²) in [4.78, 5) is 25.3. The second-order valence-electron chi connectivity index (χ2n) is 5.78. The number of rotatable bonds is 2. The lowest BCUT2D eigenvalue weighted by molar-refractivity contribution is -0.121. The molecule has 3 amide bonds. The van der Waals surface area contributed by atoms with Gasteiger partial charge in [-0.25, -0.2) is 4.79 Å². The Labute approximate surface area is 121 Å². The highest BCUT2D eigenvalue weighted by atomic mass is 35.5. The number of nitrogens with one attached hydrogen (secondary N) is 3. The molecule has 1 fully saturated rings. The van der Waals surface area contributed by atoms with Crippen molar-refractivity contribution in [2.75, 3.05) is 26.2 Å². The molecule has 0 spiro atoms. The Kier molecular flexibility index (Phi) is 7.33. The van der Waals surface area contributed by atoms with Crippen molar-refractivity contribution in [3.63, 3.8) is 0 Å². The van der Waals surface area contributed by atoms with Crippen LogP contribution in [0.2, 0.25) is 0 Å². The summed E-state index contributed by atoms with van der Waals surface area (Å²) in [7, 11) is 0. The number of imide groups is 1. The van der Waals surface area contributed by atoms with Gasteiger partial charge in [-0.05, 0) is 27.7 Å². The molecule has 0 radical (unpaired) electrons. The van der Waals surface area contributed by atoms with Crippen LogP contribution in [-0.2, 0) is 4.79 Å². The minimum Gasteiger partial charge on any atom is -0.333 e. The van der Waals surface area contributed by atoms with Crippen LogP contribution in [0.1, 0.15) is 27.7 Å². The summed E-state index contributed by atoms with van der Waals surface area (Å²) >= 11 is 0. The molecule has 6 nitrogen and oxygen atoms in total. The molecule has 112 valence electrons. The van der Waals surface area contributed by atoms with E-state index in [1.165, 1.54) is 0 Å². The standard InChI is InChI=1S/C12H24N4O2.ClH/c1-9-7-13-5-6-16(9)8-10(17)14-11(18)15-12(2,3)4;/h9,13H,5-8H2,1-4H3,(H2,14,15,17,18);1H/t9-;/m0./s1. The molecule has 7 heteroatoms. The maximum absolute atomic E-state index is 11.7. The number of halogens is 1. The molecule has 1 rings (SSSR count). The molecule has 0 bridgehead atoms. The summed E-state index contributed by atoms with van der Waals surface area (Å²) in [6.07, 6.45) is 0.